The Morgan fingerprint density at radius 1 is 1.54 bits per heavy atom. The van der Waals surface area contributed by atoms with Crippen LogP contribution in [0.25, 0.3) is 0 Å². The number of alkyl halides is 1. The van der Waals surface area contributed by atoms with E-state index in [2.05, 4.69) is 34.8 Å². The van der Waals surface area contributed by atoms with Crippen molar-refractivity contribution in [2.45, 2.75) is 43.6 Å². The molecule has 13 heavy (non-hydrogen) atoms. The fourth-order valence-corrected chi connectivity index (χ4v) is 0.999. The first-order valence-corrected chi connectivity index (χ1v) is 5.67. The molecule has 0 aromatic carbocycles. The molecule has 0 bridgehead atoms. The van der Waals surface area contributed by atoms with Gasteiger partial charge in [-0.25, -0.2) is 4.79 Å². The van der Waals surface area contributed by atoms with Crippen LogP contribution in [0.15, 0.2) is 0 Å². The Balaban J connectivity index is 3.53. The van der Waals surface area contributed by atoms with Gasteiger partial charge >= 0.3 is 6.09 Å². The van der Waals surface area contributed by atoms with Crippen LogP contribution in [0.2, 0.25) is 0 Å². The lowest BCUT2D eigenvalue weighted by Gasteiger charge is -2.19. The molecule has 78 valence electrons. The standard InChI is InChI=1S/C9H18INO2/c1-7(10)5-6-11-8(12)13-9(2,3)4/h7H,5-6H2,1-4H3,(H,11,12). The van der Waals surface area contributed by atoms with Gasteiger partial charge in [0.15, 0.2) is 0 Å². The lowest BCUT2D eigenvalue weighted by atomic mass is 10.2. The Labute approximate surface area is 93.7 Å². The minimum atomic E-state index is -0.403. The van der Waals surface area contributed by atoms with E-state index < -0.39 is 5.60 Å². The minimum absolute atomic E-state index is 0.329. The van der Waals surface area contributed by atoms with Gasteiger partial charge in [-0.2, -0.15) is 0 Å². The zero-order valence-corrected chi connectivity index (χ0v) is 10.8. The predicted molar refractivity (Wildman–Crippen MR) is 62.3 cm³/mol. The first kappa shape index (κ1) is 13.0. The average molecular weight is 299 g/mol. The van der Waals surface area contributed by atoms with Crippen molar-refractivity contribution in [1.29, 1.82) is 0 Å². The van der Waals surface area contributed by atoms with Crippen LogP contribution in [0.5, 0.6) is 0 Å². The predicted octanol–water partition coefficient (Wildman–Crippen LogP) is 2.72. The molecule has 0 spiro atoms. The maximum atomic E-state index is 11.1. The molecule has 1 unspecified atom stereocenters. The molecule has 0 aromatic rings. The third-order valence-corrected chi connectivity index (χ3v) is 1.83. The number of nitrogens with one attached hydrogen (secondary N) is 1. The molecule has 1 N–H and O–H groups in total. The summed E-state index contributed by atoms with van der Waals surface area (Å²) in [5, 5.41) is 2.70. The fourth-order valence-electron chi connectivity index (χ4n) is 0.687. The van der Waals surface area contributed by atoms with Crippen LogP contribution in [0.4, 0.5) is 4.79 Å². The molecular weight excluding hydrogens is 281 g/mol. The van der Waals surface area contributed by atoms with Crippen LogP contribution in [0.3, 0.4) is 0 Å². The van der Waals surface area contributed by atoms with Gasteiger partial charge in [0.05, 0.1) is 0 Å². The summed E-state index contributed by atoms with van der Waals surface area (Å²) in [5.41, 5.74) is -0.403. The van der Waals surface area contributed by atoms with Gasteiger partial charge in [0.1, 0.15) is 5.60 Å². The van der Waals surface area contributed by atoms with Crippen molar-refractivity contribution in [3.05, 3.63) is 0 Å². The lowest BCUT2D eigenvalue weighted by Crippen LogP contribution is -2.33. The zero-order chi connectivity index (χ0) is 10.5. The molecule has 1 amide bonds. The van der Waals surface area contributed by atoms with Crippen molar-refractivity contribution in [1.82, 2.24) is 5.32 Å². The third kappa shape index (κ3) is 9.92. The second kappa shape index (κ2) is 5.67. The number of amides is 1. The topological polar surface area (TPSA) is 38.3 Å². The summed E-state index contributed by atoms with van der Waals surface area (Å²) in [6.07, 6.45) is 0.643. The molecule has 0 rings (SSSR count). The summed E-state index contributed by atoms with van der Waals surface area (Å²) in [5.74, 6) is 0. The van der Waals surface area contributed by atoms with Crippen LogP contribution >= 0.6 is 22.6 Å². The molecule has 0 saturated heterocycles. The van der Waals surface area contributed by atoms with Gasteiger partial charge in [-0.1, -0.05) is 29.5 Å². The van der Waals surface area contributed by atoms with E-state index in [-0.39, 0.29) is 6.09 Å². The van der Waals surface area contributed by atoms with Gasteiger partial charge in [0, 0.05) is 10.5 Å². The van der Waals surface area contributed by atoms with Gasteiger partial charge in [0.2, 0.25) is 0 Å². The number of alkyl carbamates (subject to hydrolysis) is 1. The Morgan fingerprint density at radius 3 is 2.46 bits per heavy atom. The molecule has 0 aliphatic rings. The molecule has 0 heterocycles. The Morgan fingerprint density at radius 2 is 2.08 bits per heavy atom. The summed E-state index contributed by atoms with van der Waals surface area (Å²) in [4.78, 5) is 11.1. The molecule has 0 aliphatic carbocycles. The third-order valence-electron chi connectivity index (χ3n) is 1.21. The molecule has 3 nitrogen and oxygen atoms in total. The average Bonchev–Trinajstić information content (AvgIpc) is 1.81. The van der Waals surface area contributed by atoms with Crippen molar-refractivity contribution < 1.29 is 9.53 Å². The van der Waals surface area contributed by atoms with E-state index in [1.54, 1.807) is 0 Å². The van der Waals surface area contributed by atoms with Crippen LogP contribution in [0.1, 0.15) is 34.1 Å². The quantitative estimate of drug-likeness (QED) is 0.643. The largest absolute Gasteiger partial charge is 0.444 e. The first-order valence-electron chi connectivity index (χ1n) is 4.42. The highest BCUT2D eigenvalue weighted by Gasteiger charge is 2.15. The molecule has 0 saturated carbocycles. The van der Waals surface area contributed by atoms with Crippen molar-refractivity contribution in [3.8, 4) is 0 Å². The second-order valence-corrected chi connectivity index (χ2v) is 6.12. The van der Waals surface area contributed by atoms with Crippen LogP contribution in [-0.4, -0.2) is 22.2 Å². The van der Waals surface area contributed by atoms with E-state index in [0.717, 1.165) is 6.42 Å². The number of carbonyl (C=O) groups excluding carboxylic acids is 1. The van der Waals surface area contributed by atoms with Crippen LogP contribution < -0.4 is 5.32 Å². The van der Waals surface area contributed by atoms with E-state index in [4.69, 9.17) is 4.74 Å². The summed E-state index contributed by atoms with van der Waals surface area (Å²) < 4.78 is 5.64. The summed E-state index contributed by atoms with van der Waals surface area (Å²) in [7, 11) is 0. The highest BCUT2D eigenvalue weighted by molar-refractivity contribution is 14.1. The van der Waals surface area contributed by atoms with Crippen molar-refractivity contribution in [2.75, 3.05) is 6.54 Å². The first-order chi connectivity index (χ1) is 5.81. The molecule has 1 atom stereocenters. The maximum absolute atomic E-state index is 11.1. The van der Waals surface area contributed by atoms with Crippen LogP contribution in [-0.2, 0) is 4.74 Å². The summed E-state index contributed by atoms with van der Waals surface area (Å²) in [6.45, 7) is 8.35. The number of carbonyl (C=O) groups is 1. The molecule has 0 radical (unpaired) electrons. The Bertz CT molecular complexity index is 163. The van der Waals surface area contributed by atoms with Crippen molar-refractivity contribution in [2.24, 2.45) is 0 Å². The molecule has 0 aliphatic heterocycles. The highest BCUT2D eigenvalue weighted by Crippen LogP contribution is 2.07. The molecule has 0 fully saturated rings. The number of hydrogen-bond donors (Lipinski definition) is 1. The van der Waals surface area contributed by atoms with E-state index in [1.807, 2.05) is 20.8 Å². The van der Waals surface area contributed by atoms with Gasteiger partial charge in [-0.15, -0.1) is 0 Å². The van der Waals surface area contributed by atoms with Gasteiger partial charge in [-0.05, 0) is 27.2 Å². The maximum Gasteiger partial charge on any atom is 0.407 e. The van der Waals surface area contributed by atoms with Gasteiger partial charge in [0.25, 0.3) is 0 Å². The van der Waals surface area contributed by atoms with E-state index in [0.29, 0.717) is 10.5 Å². The van der Waals surface area contributed by atoms with Gasteiger partial charge in [-0.3, -0.25) is 0 Å². The number of rotatable bonds is 3. The molecular formula is C9H18INO2. The number of ether oxygens (including phenoxy) is 1. The Hall–Kier alpha value is 0. The van der Waals surface area contributed by atoms with E-state index >= 15 is 0 Å². The monoisotopic (exact) mass is 299 g/mol. The summed E-state index contributed by atoms with van der Waals surface area (Å²) in [6, 6.07) is 0. The van der Waals surface area contributed by atoms with Crippen molar-refractivity contribution >= 4 is 28.7 Å². The fraction of sp³-hybridized carbons (Fsp3) is 0.889. The Kier molecular flexibility index (Phi) is 5.67. The van der Waals surface area contributed by atoms with Crippen LogP contribution in [0, 0.1) is 0 Å². The van der Waals surface area contributed by atoms with Gasteiger partial charge < -0.3 is 10.1 Å². The zero-order valence-electron chi connectivity index (χ0n) is 8.69. The smallest absolute Gasteiger partial charge is 0.407 e. The SMILES string of the molecule is CC(I)CCNC(=O)OC(C)(C)C. The lowest BCUT2D eigenvalue weighted by molar-refractivity contribution is 0.0527. The van der Waals surface area contributed by atoms with E-state index in [9.17, 15) is 4.79 Å². The minimum Gasteiger partial charge on any atom is -0.444 e. The normalized spacial score (nSPS) is 13.6. The summed E-state index contributed by atoms with van der Waals surface area (Å²) >= 11 is 2.33. The second-order valence-electron chi connectivity index (χ2n) is 4.00. The number of halogens is 1. The highest BCUT2D eigenvalue weighted by atomic mass is 127. The van der Waals surface area contributed by atoms with E-state index in [1.165, 1.54) is 0 Å². The van der Waals surface area contributed by atoms with Crippen molar-refractivity contribution in [3.63, 3.8) is 0 Å². The molecule has 0 aromatic heterocycles. The number of hydrogen-bond acceptors (Lipinski definition) is 2. The molecule has 4 heteroatoms.